The predicted molar refractivity (Wildman–Crippen MR) is 68.3 cm³/mol. The zero-order valence-corrected chi connectivity index (χ0v) is 10.3. The first-order chi connectivity index (χ1) is 9.55. The summed E-state index contributed by atoms with van der Waals surface area (Å²) in [4.78, 5) is 4.19. The highest BCUT2D eigenvalue weighted by Crippen LogP contribution is 2.38. The molecule has 0 spiro atoms. The van der Waals surface area contributed by atoms with Crippen molar-refractivity contribution in [3.63, 3.8) is 0 Å². The number of alkyl halides is 3. The number of hydrogen-bond donors (Lipinski definition) is 0. The molecule has 2 aromatic rings. The van der Waals surface area contributed by atoms with Crippen LogP contribution in [0.2, 0.25) is 0 Å². The molecular formula is C15H10F3NO. The van der Waals surface area contributed by atoms with Crippen molar-refractivity contribution in [1.29, 1.82) is 0 Å². The Bertz CT molecular complexity index is 663. The van der Waals surface area contributed by atoms with Crippen LogP contribution in [0.4, 0.5) is 13.2 Å². The average Bonchev–Trinajstić information content (AvgIpc) is 2.46. The lowest BCUT2D eigenvalue weighted by Crippen LogP contribution is -2.10. The van der Waals surface area contributed by atoms with Gasteiger partial charge in [0.15, 0.2) is 0 Å². The van der Waals surface area contributed by atoms with Crippen LogP contribution in [0.15, 0.2) is 48.7 Å². The zero-order chi connectivity index (χ0) is 14.2. The van der Waals surface area contributed by atoms with Gasteiger partial charge in [-0.15, -0.1) is 0 Å². The van der Waals surface area contributed by atoms with E-state index in [-0.39, 0.29) is 0 Å². The lowest BCUT2D eigenvalue weighted by molar-refractivity contribution is -0.137. The van der Waals surface area contributed by atoms with Gasteiger partial charge in [0.05, 0.1) is 11.3 Å². The van der Waals surface area contributed by atoms with E-state index < -0.39 is 11.7 Å². The molecule has 0 bridgehead atoms. The fourth-order valence-electron chi connectivity index (χ4n) is 2.13. The van der Waals surface area contributed by atoms with Gasteiger partial charge in [0.25, 0.3) is 0 Å². The maximum absolute atomic E-state index is 12.8. The number of nitrogens with zero attached hydrogens (tertiary/aromatic N) is 1. The van der Waals surface area contributed by atoms with Crippen molar-refractivity contribution >= 4 is 5.57 Å². The molecule has 102 valence electrons. The largest absolute Gasteiger partial charge is 0.489 e. The Morgan fingerprint density at radius 3 is 2.65 bits per heavy atom. The normalized spacial score (nSPS) is 14.2. The van der Waals surface area contributed by atoms with Crippen LogP contribution in [0.1, 0.15) is 16.8 Å². The minimum absolute atomic E-state index is 0.324. The Labute approximate surface area is 113 Å². The zero-order valence-electron chi connectivity index (χ0n) is 10.3. The first kappa shape index (κ1) is 12.7. The van der Waals surface area contributed by atoms with Gasteiger partial charge in [0.2, 0.25) is 0 Å². The van der Waals surface area contributed by atoms with Crippen LogP contribution >= 0.6 is 0 Å². The number of aromatic nitrogens is 1. The number of halogens is 3. The molecule has 0 fully saturated rings. The summed E-state index contributed by atoms with van der Waals surface area (Å²) in [5.74, 6) is 0.446. The Morgan fingerprint density at radius 1 is 1.10 bits per heavy atom. The molecule has 1 aliphatic heterocycles. The fourth-order valence-corrected chi connectivity index (χ4v) is 2.13. The Morgan fingerprint density at radius 2 is 1.95 bits per heavy atom. The molecule has 2 nitrogen and oxygen atoms in total. The van der Waals surface area contributed by atoms with E-state index in [1.807, 2.05) is 0 Å². The van der Waals surface area contributed by atoms with Crippen molar-refractivity contribution in [3.8, 4) is 5.75 Å². The van der Waals surface area contributed by atoms with Crippen molar-refractivity contribution in [2.45, 2.75) is 6.18 Å². The standard InChI is InChI=1S/C15H10F3NO/c16-15(17,18)10-4-5-14-12(9-10)11(6-8-20-14)13-3-1-2-7-19-13/h1-7,9H,8H2. The molecule has 0 atom stereocenters. The van der Waals surface area contributed by atoms with Gasteiger partial charge in [0.1, 0.15) is 12.4 Å². The van der Waals surface area contributed by atoms with Crippen LogP contribution in [0.5, 0.6) is 5.75 Å². The molecule has 0 aliphatic carbocycles. The van der Waals surface area contributed by atoms with Crippen LogP contribution in [-0.2, 0) is 6.18 Å². The smallest absolute Gasteiger partial charge is 0.416 e. The van der Waals surface area contributed by atoms with E-state index in [0.29, 0.717) is 29.2 Å². The van der Waals surface area contributed by atoms with Crippen molar-refractivity contribution in [3.05, 3.63) is 65.5 Å². The molecule has 0 amide bonds. The molecule has 5 heteroatoms. The summed E-state index contributed by atoms with van der Waals surface area (Å²) in [6, 6.07) is 8.81. The van der Waals surface area contributed by atoms with Crippen LogP contribution in [0, 0.1) is 0 Å². The van der Waals surface area contributed by atoms with Crippen LogP contribution in [-0.4, -0.2) is 11.6 Å². The quantitative estimate of drug-likeness (QED) is 0.788. The van der Waals surface area contributed by atoms with E-state index in [4.69, 9.17) is 4.74 Å². The maximum Gasteiger partial charge on any atom is 0.416 e. The molecule has 0 saturated heterocycles. The molecule has 1 aromatic carbocycles. The topological polar surface area (TPSA) is 22.1 Å². The highest BCUT2D eigenvalue weighted by Gasteiger charge is 2.32. The molecule has 0 unspecified atom stereocenters. The Balaban J connectivity index is 2.12. The second-order valence-corrected chi connectivity index (χ2v) is 4.35. The minimum atomic E-state index is -4.37. The van der Waals surface area contributed by atoms with E-state index in [1.165, 1.54) is 6.07 Å². The SMILES string of the molecule is FC(F)(F)c1ccc2c(c1)C(c1ccccn1)=CCO2. The van der Waals surface area contributed by atoms with Crippen LogP contribution < -0.4 is 4.74 Å². The van der Waals surface area contributed by atoms with Gasteiger partial charge in [0, 0.05) is 17.3 Å². The van der Waals surface area contributed by atoms with Crippen molar-refractivity contribution in [2.75, 3.05) is 6.61 Å². The lowest BCUT2D eigenvalue weighted by Gasteiger charge is -2.20. The van der Waals surface area contributed by atoms with Crippen LogP contribution in [0.25, 0.3) is 5.57 Å². The predicted octanol–water partition coefficient (Wildman–Crippen LogP) is 3.92. The number of fused-ring (bicyclic) bond motifs is 1. The number of hydrogen-bond acceptors (Lipinski definition) is 2. The summed E-state index contributed by atoms with van der Waals surface area (Å²) in [6.45, 7) is 0.324. The summed E-state index contributed by atoms with van der Waals surface area (Å²) in [5, 5.41) is 0. The van der Waals surface area contributed by atoms with Crippen molar-refractivity contribution in [2.24, 2.45) is 0 Å². The van der Waals surface area contributed by atoms with Crippen molar-refractivity contribution in [1.82, 2.24) is 4.98 Å². The molecule has 20 heavy (non-hydrogen) atoms. The van der Waals surface area contributed by atoms with Gasteiger partial charge in [-0.2, -0.15) is 13.2 Å². The summed E-state index contributed by atoms with van der Waals surface area (Å²) < 4.78 is 43.8. The Hall–Kier alpha value is -2.30. The molecule has 1 aliphatic rings. The van der Waals surface area contributed by atoms with E-state index in [0.717, 1.165) is 12.1 Å². The molecular weight excluding hydrogens is 267 g/mol. The molecule has 0 N–H and O–H groups in total. The van der Waals surface area contributed by atoms with Gasteiger partial charge in [-0.05, 0) is 36.4 Å². The van der Waals surface area contributed by atoms with E-state index in [9.17, 15) is 13.2 Å². The molecule has 1 aromatic heterocycles. The monoisotopic (exact) mass is 277 g/mol. The Kier molecular flexibility index (Phi) is 2.97. The van der Waals surface area contributed by atoms with Gasteiger partial charge >= 0.3 is 6.18 Å². The number of ether oxygens (including phenoxy) is 1. The first-order valence-electron chi connectivity index (χ1n) is 6.02. The number of benzene rings is 1. The molecule has 3 rings (SSSR count). The third kappa shape index (κ3) is 2.27. The molecule has 0 radical (unpaired) electrons. The summed E-state index contributed by atoms with van der Waals surface area (Å²) in [7, 11) is 0. The van der Waals surface area contributed by atoms with Crippen LogP contribution in [0.3, 0.4) is 0 Å². The van der Waals surface area contributed by atoms with Gasteiger partial charge in [-0.25, -0.2) is 0 Å². The third-order valence-corrected chi connectivity index (χ3v) is 3.06. The fraction of sp³-hybridized carbons (Fsp3) is 0.133. The maximum atomic E-state index is 12.8. The van der Waals surface area contributed by atoms with E-state index >= 15 is 0 Å². The summed E-state index contributed by atoms with van der Waals surface area (Å²) >= 11 is 0. The molecule has 2 heterocycles. The lowest BCUT2D eigenvalue weighted by atomic mass is 9.97. The third-order valence-electron chi connectivity index (χ3n) is 3.06. The summed E-state index contributed by atoms with van der Waals surface area (Å²) in [5.41, 5.74) is 1.03. The second kappa shape index (κ2) is 4.67. The molecule has 0 saturated carbocycles. The van der Waals surface area contributed by atoms with E-state index in [2.05, 4.69) is 4.98 Å². The average molecular weight is 277 g/mol. The minimum Gasteiger partial charge on any atom is -0.489 e. The van der Waals surface area contributed by atoms with Gasteiger partial charge < -0.3 is 4.74 Å². The van der Waals surface area contributed by atoms with E-state index in [1.54, 1.807) is 30.5 Å². The highest BCUT2D eigenvalue weighted by molar-refractivity contribution is 5.82. The first-order valence-corrected chi connectivity index (χ1v) is 6.02. The number of pyridine rings is 1. The highest BCUT2D eigenvalue weighted by atomic mass is 19.4. The van der Waals surface area contributed by atoms with Gasteiger partial charge in [-0.3, -0.25) is 4.98 Å². The van der Waals surface area contributed by atoms with Crippen molar-refractivity contribution < 1.29 is 17.9 Å². The van der Waals surface area contributed by atoms with Gasteiger partial charge in [-0.1, -0.05) is 6.07 Å². The summed E-state index contributed by atoms with van der Waals surface area (Å²) in [6.07, 6.45) is -1.02. The number of rotatable bonds is 1. The second-order valence-electron chi connectivity index (χ2n) is 4.35.